The summed E-state index contributed by atoms with van der Waals surface area (Å²) in [5.74, 6) is 5.64. The predicted molar refractivity (Wildman–Crippen MR) is 64.6 cm³/mol. The Hall–Kier alpha value is -0.560. The molecule has 0 bridgehead atoms. The summed E-state index contributed by atoms with van der Waals surface area (Å²) < 4.78 is 5.30. The number of rotatable bonds is 3. The molecule has 0 aromatic carbocycles. The molecule has 1 fully saturated rings. The standard InChI is InChI=1S/C9H13ClN4OS/c10-7-5-12-9(14-11)13-8(7)16-6-1-3-15-4-2-6/h5-6H,1-4,11H2,(H,12,13,14). The largest absolute Gasteiger partial charge is 0.381 e. The molecule has 0 atom stereocenters. The number of hydrogen-bond acceptors (Lipinski definition) is 6. The summed E-state index contributed by atoms with van der Waals surface area (Å²) in [6, 6.07) is 0. The Morgan fingerprint density at radius 3 is 2.94 bits per heavy atom. The molecule has 88 valence electrons. The van der Waals surface area contributed by atoms with E-state index in [1.807, 2.05) is 0 Å². The molecule has 0 saturated carbocycles. The zero-order chi connectivity index (χ0) is 11.4. The maximum atomic E-state index is 6.03. The molecule has 0 amide bonds. The smallest absolute Gasteiger partial charge is 0.238 e. The van der Waals surface area contributed by atoms with Crippen LogP contribution >= 0.6 is 23.4 Å². The molecule has 0 unspecified atom stereocenters. The second-order valence-corrected chi connectivity index (χ2v) is 5.12. The van der Waals surface area contributed by atoms with Crippen LogP contribution in [0.5, 0.6) is 0 Å². The fraction of sp³-hybridized carbons (Fsp3) is 0.556. The van der Waals surface area contributed by atoms with Crippen LogP contribution in [0.15, 0.2) is 11.2 Å². The summed E-state index contributed by atoms with van der Waals surface area (Å²) in [5, 5.41) is 1.85. The molecular formula is C9H13ClN4OS. The van der Waals surface area contributed by atoms with Crippen LogP contribution in [0.1, 0.15) is 12.8 Å². The number of aromatic nitrogens is 2. The topological polar surface area (TPSA) is 73.1 Å². The first-order valence-electron chi connectivity index (χ1n) is 5.03. The van der Waals surface area contributed by atoms with E-state index >= 15 is 0 Å². The van der Waals surface area contributed by atoms with E-state index in [-0.39, 0.29) is 0 Å². The van der Waals surface area contributed by atoms with E-state index in [2.05, 4.69) is 15.4 Å². The van der Waals surface area contributed by atoms with Gasteiger partial charge in [0.25, 0.3) is 0 Å². The van der Waals surface area contributed by atoms with E-state index in [0.29, 0.717) is 16.2 Å². The van der Waals surface area contributed by atoms with Crippen LogP contribution in [0.3, 0.4) is 0 Å². The molecule has 1 saturated heterocycles. The maximum absolute atomic E-state index is 6.03. The first-order valence-corrected chi connectivity index (χ1v) is 6.29. The first kappa shape index (κ1) is 11.9. The molecule has 2 rings (SSSR count). The van der Waals surface area contributed by atoms with Crippen molar-refractivity contribution in [3.63, 3.8) is 0 Å². The van der Waals surface area contributed by atoms with Gasteiger partial charge in [-0.1, -0.05) is 11.6 Å². The van der Waals surface area contributed by atoms with Crippen LogP contribution in [0.4, 0.5) is 5.95 Å². The molecule has 16 heavy (non-hydrogen) atoms. The number of hydrazine groups is 1. The SMILES string of the molecule is NNc1ncc(Cl)c(SC2CCOCC2)n1. The summed E-state index contributed by atoms with van der Waals surface area (Å²) in [6.45, 7) is 1.62. The van der Waals surface area contributed by atoms with E-state index < -0.39 is 0 Å². The van der Waals surface area contributed by atoms with Crippen LogP contribution < -0.4 is 11.3 Å². The van der Waals surface area contributed by atoms with Gasteiger partial charge < -0.3 is 4.74 Å². The minimum absolute atomic E-state index is 0.388. The molecule has 1 aromatic heterocycles. The molecule has 1 aliphatic heterocycles. The Bertz CT molecular complexity index is 359. The third-order valence-corrected chi connectivity index (χ3v) is 4.02. The van der Waals surface area contributed by atoms with E-state index in [1.165, 1.54) is 0 Å². The lowest BCUT2D eigenvalue weighted by molar-refractivity contribution is 0.1000. The fourth-order valence-corrected chi connectivity index (χ4v) is 2.73. The molecule has 0 radical (unpaired) electrons. The number of nitrogens with two attached hydrogens (primary N) is 1. The maximum Gasteiger partial charge on any atom is 0.238 e. The van der Waals surface area contributed by atoms with Crippen molar-refractivity contribution in [1.29, 1.82) is 0 Å². The number of thioether (sulfide) groups is 1. The van der Waals surface area contributed by atoms with Gasteiger partial charge in [-0.05, 0) is 12.8 Å². The number of ether oxygens (including phenoxy) is 1. The Kier molecular flexibility index (Phi) is 4.22. The second-order valence-electron chi connectivity index (χ2n) is 3.42. The van der Waals surface area contributed by atoms with Gasteiger partial charge in [0, 0.05) is 18.5 Å². The number of nitrogens with one attached hydrogen (secondary N) is 1. The Morgan fingerprint density at radius 1 is 1.50 bits per heavy atom. The number of nitrogen functional groups attached to an aromatic ring is 1. The molecule has 3 N–H and O–H groups in total. The quantitative estimate of drug-likeness (QED) is 0.490. The minimum atomic E-state index is 0.388. The Labute approximate surface area is 103 Å². The summed E-state index contributed by atoms with van der Waals surface area (Å²) in [6.07, 6.45) is 3.61. The lowest BCUT2D eigenvalue weighted by Crippen LogP contribution is -2.18. The highest BCUT2D eigenvalue weighted by Gasteiger charge is 2.17. The van der Waals surface area contributed by atoms with Gasteiger partial charge in [0.05, 0.1) is 11.2 Å². The van der Waals surface area contributed by atoms with Crippen molar-refractivity contribution in [2.24, 2.45) is 5.84 Å². The molecule has 5 nitrogen and oxygen atoms in total. The lowest BCUT2D eigenvalue weighted by atomic mass is 10.2. The average molecular weight is 261 g/mol. The van der Waals surface area contributed by atoms with Crippen molar-refractivity contribution in [2.75, 3.05) is 18.6 Å². The summed E-state index contributed by atoms with van der Waals surface area (Å²) in [4.78, 5) is 8.16. The number of halogens is 1. The van der Waals surface area contributed by atoms with Crippen molar-refractivity contribution in [2.45, 2.75) is 23.1 Å². The molecule has 0 aliphatic carbocycles. The van der Waals surface area contributed by atoms with Gasteiger partial charge in [-0.25, -0.2) is 15.8 Å². The van der Waals surface area contributed by atoms with E-state index in [1.54, 1.807) is 18.0 Å². The summed E-state index contributed by atoms with van der Waals surface area (Å²) in [7, 11) is 0. The van der Waals surface area contributed by atoms with E-state index in [9.17, 15) is 0 Å². The van der Waals surface area contributed by atoms with Crippen LogP contribution in [0.25, 0.3) is 0 Å². The summed E-state index contributed by atoms with van der Waals surface area (Å²) >= 11 is 7.69. The van der Waals surface area contributed by atoms with Gasteiger partial charge in [-0.2, -0.15) is 0 Å². The third-order valence-electron chi connectivity index (χ3n) is 2.29. The fourth-order valence-electron chi connectivity index (χ4n) is 1.46. The van der Waals surface area contributed by atoms with Crippen LogP contribution in [-0.2, 0) is 4.74 Å². The Balaban J connectivity index is 2.06. The van der Waals surface area contributed by atoms with Crippen LogP contribution in [0, 0.1) is 0 Å². The monoisotopic (exact) mass is 260 g/mol. The van der Waals surface area contributed by atoms with Gasteiger partial charge in [-0.15, -0.1) is 11.8 Å². The normalized spacial score (nSPS) is 17.4. The molecule has 1 aliphatic rings. The first-order chi connectivity index (χ1) is 7.79. The molecule has 1 aromatic rings. The number of anilines is 1. The molecule has 0 spiro atoms. The van der Waals surface area contributed by atoms with Crippen LogP contribution in [0.2, 0.25) is 5.02 Å². The van der Waals surface area contributed by atoms with Gasteiger partial charge in [0.15, 0.2) is 0 Å². The highest BCUT2D eigenvalue weighted by atomic mass is 35.5. The van der Waals surface area contributed by atoms with Gasteiger partial charge in [0.1, 0.15) is 5.03 Å². The average Bonchev–Trinajstić information content (AvgIpc) is 2.33. The molecule has 7 heteroatoms. The van der Waals surface area contributed by atoms with Crippen molar-refractivity contribution < 1.29 is 4.74 Å². The highest BCUT2D eigenvalue weighted by molar-refractivity contribution is 8.00. The third kappa shape index (κ3) is 2.98. The summed E-state index contributed by atoms with van der Waals surface area (Å²) in [5.41, 5.74) is 2.41. The number of nitrogens with zero attached hydrogens (tertiary/aromatic N) is 2. The van der Waals surface area contributed by atoms with Crippen molar-refractivity contribution in [1.82, 2.24) is 9.97 Å². The predicted octanol–water partition coefficient (Wildman–Crippen LogP) is 1.69. The zero-order valence-corrected chi connectivity index (χ0v) is 10.2. The van der Waals surface area contributed by atoms with Crippen LogP contribution in [-0.4, -0.2) is 28.4 Å². The molecular weight excluding hydrogens is 248 g/mol. The highest BCUT2D eigenvalue weighted by Crippen LogP contribution is 2.32. The second kappa shape index (κ2) is 5.67. The number of hydrogen-bond donors (Lipinski definition) is 2. The van der Waals surface area contributed by atoms with Crippen molar-refractivity contribution in [3.05, 3.63) is 11.2 Å². The van der Waals surface area contributed by atoms with Gasteiger partial charge in [-0.3, -0.25) is 5.43 Å². The van der Waals surface area contributed by atoms with Gasteiger partial charge >= 0.3 is 0 Å². The van der Waals surface area contributed by atoms with E-state index in [0.717, 1.165) is 31.1 Å². The minimum Gasteiger partial charge on any atom is -0.381 e. The van der Waals surface area contributed by atoms with Crippen molar-refractivity contribution >= 4 is 29.3 Å². The van der Waals surface area contributed by atoms with Crippen molar-refractivity contribution in [3.8, 4) is 0 Å². The van der Waals surface area contributed by atoms with E-state index in [4.69, 9.17) is 22.2 Å². The van der Waals surface area contributed by atoms with Gasteiger partial charge in [0.2, 0.25) is 5.95 Å². The molecule has 2 heterocycles. The lowest BCUT2D eigenvalue weighted by Gasteiger charge is -2.21. The Morgan fingerprint density at radius 2 is 2.25 bits per heavy atom. The zero-order valence-electron chi connectivity index (χ0n) is 8.65.